The molecule has 0 saturated heterocycles. The standard InChI is InChI=1S/C29H31ClN2O3/c1-19(2)18-31(23-13-11-22(30)12-14-23)29(34)26-17-20(3)32(27-8-6-5-7-25(26)27)28(33)21-9-15-24(35-4)16-10-21/h5-16,19-20,26H,17-18H2,1-4H3/t20-,26-/m1/s1. The highest BCUT2D eigenvalue weighted by Crippen LogP contribution is 2.41. The van der Waals surface area contributed by atoms with Gasteiger partial charge in [-0.3, -0.25) is 9.59 Å². The average Bonchev–Trinajstić information content (AvgIpc) is 2.86. The molecule has 4 rings (SSSR count). The minimum absolute atomic E-state index is 0.0388. The topological polar surface area (TPSA) is 49.9 Å². The monoisotopic (exact) mass is 490 g/mol. The van der Waals surface area contributed by atoms with Crippen LogP contribution in [0.5, 0.6) is 5.75 Å². The summed E-state index contributed by atoms with van der Waals surface area (Å²) in [6.07, 6.45) is 0.542. The van der Waals surface area contributed by atoms with Crippen LogP contribution in [0.4, 0.5) is 11.4 Å². The fourth-order valence-electron chi connectivity index (χ4n) is 4.73. The van der Waals surface area contributed by atoms with Crippen molar-refractivity contribution in [3.8, 4) is 5.75 Å². The molecule has 1 aliphatic heterocycles. The smallest absolute Gasteiger partial charge is 0.258 e. The second-order valence-electron chi connectivity index (χ2n) is 9.42. The highest BCUT2D eigenvalue weighted by atomic mass is 35.5. The molecule has 1 heterocycles. The maximum atomic E-state index is 14.0. The number of benzene rings is 3. The van der Waals surface area contributed by atoms with Crippen molar-refractivity contribution < 1.29 is 14.3 Å². The number of carbonyl (C=O) groups is 2. The maximum Gasteiger partial charge on any atom is 0.258 e. The molecule has 3 aromatic rings. The SMILES string of the molecule is COc1ccc(C(=O)N2c3ccccc3[C@H](C(=O)N(CC(C)C)c3ccc(Cl)cc3)C[C@H]2C)cc1. The molecule has 0 aliphatic carbocycles. The van der Waals surface area contributed by atoms with Gasteiger partial charge >= 0.3 is 0 Å². The van der Waals surface area contributed by atoms with E-state index in [1.54, 1.807) is 31.4 Å². The van der Waals surface area contributed by atoms with Crippen LogP contribution in [-0.2, 0) is 4.79 Å². The van der Waals surface area contributed by atoms with E-state index in [4.69, 9.17) is 16.3 Å². The zero-order valence-corrected chi connectivity index (χ0v) is 21.3. The number of rotatable bonds is 6. The van der Waals surface area contributed by atoms with Crippen molar-refractivity contribution in [1.82, 2.24) is 0 Å². The number of amides is 2. The van der Waals surface area contributed by atoms with E-state index in [-0.39, 0.29) is 23.8 Å². The molecule has 2 amide bonds. The van der Waals surface area contributed by atoms with Gasteiger partial charge in [0, 0.05) is 34.5 Å². The Kier molecular flexibility index (Phi) is 7.46. The summed E-state index contributed by atoms with van der Waals surface area (Å²) >= 11 is 6.10. The van der Waals surface area contributed by atoms with E-state index in [2.05, 4.69) is 13.8 Å². The van der Waals surface area contributed by atoms with Crippen molar-refractivity contribution in [3.05, 3.63) is 88.9 Å². The average molecular weight is 491 g/mol. The molecule has 0 aromatic heterocycles. The number of fused-ring (bicyclic) bond motifs is 1. The van der Waals surface area contributed by atoms with Crippen LogP contribution in [-0.4, -0.2) is 31.5 Å². The Morgan fingerprint density at radius 2 is 1.69 bits per heavy atom. The summed E-state index contributed by atoms with van der Waals surface area (Å²) in [7, 11) is 1.60. The quantitative estimate of drug-likeness (QED) is 0.393. The molecule has 0 bridgehead atoms. The lowest BCUT2D eigenvalue weighted by atomic mass is 9.84. The zero-order valence-electron chi connectivity index (χ0n) is 20.6. The van der Waals surface area contributed by atoms with Crippen molar-refractivity contribution in [2.45, 2.75) is 39.2 Å². The lowest BCUT2D eigenvalue weighted by Gasteiger charge is -2.40. The minimum atomic E-state index is -0.351. The number of methoxy groups -OCH3 is 1. The fourth-order valence-corrected chi connectivity index (χ4v) is 4.85. The molecule has 0 spiro atoms. The number of para-hydroxylation sites is 1. The third-order valence-electron chi connectivity index (χ3n) is 6.40. The second kappa shape index (κ2) is 10.5. The summed E-state index contributed by atoms with van der Waals surface area (Å²) in [6, 6.07) is 22.1. The van der Waals surface area contributed by atoms with Gasteiger partial charge in [-0.2, -0.15) is 0 Å². The molecule has 35 heavy (non-hydrogen) atoms. The van der Waals surface area contributed by atoms with Gasteiger partial charge in [-0.25, -0.2) is 0 Å². The van der Waals surface area contributed by atoms with Gasteiger partial charge in [0.25, 0.3) is 5.91 Å². The van der Waals surface area contributed by atoms with E-state index < -0.39 is 0 Å². The Hall–Kier alpha value is -3.31. The molecule has 3 aromatic carbocycles. The predicted octanol–water partition coefficient (Wildman–Crippen LogP) is 6.56. The molecule has 0 unspecified atom stereocenters. The number of carbonyl (C=O) groups excluding carboxylic acids is 2. The van der Waals surface area contributed by atoms with E-state index in [1.807, 2.05) is 65.3 Å². The number of anilines is 2. The largest absolute Gasteiger partial charge is 0.497 e. The van der Waals surface area contributed by atoms with Gasteiger partial charge in [-0.1, -0.05) is 43.6 Å². The molecular weight excluding hydrogens is 460 g/mol. The van der Waals surface area contributed by atoms with Crippen molar-refractivity contribution in [1.29, 1.82) is 0 Å². The van der Waals surface area contributed by atoms with Gasteiger partial charge in [0.2, 0.25) is 5.91 Å². The number of nitrogens with zero attached hydrogens (tertiary/aromatic N) is 2. The Labute approximate surface area is 212 Å². The Bertz CT molecular complexity index is 1190. The predicted molar refractivity (Wildman–Crippen MR) is 142 cm³/mol. The first-order valence-electron chi connectivity index (χ1n) is 11.9. The highest BCUT2D eigenvalue weighted by Gasteiger charge is 2.39. The number of hydrogen-bond donors (Lipinski definition) is 0. The molecule has 0 N–H and O–H groups in total. The second-order valence-corrected chi connectivity index (χ2v) is 9.86. The summed E-state index contributed by atoms with van der Waals surface area (Å²) in [6.45, 7) is 6.81. The molecule has 0 radical (unpaired) electrons. The van der Waals surface area contributed by atoms with Crippen molar-refractivity contribution in [2.75, 3.05) is 23.5 Å². The Morgan fingerprint density at radius 1 is 1.03 bits per heavy atom. The van der Waals surface area contributed by atoms with Crippen LogP contribution in [0.2, 0.25) is 5.02 Å². The first-order valence-corrected chi connectivity index (χ1v) is 12.3. The van der Waals surface area contributed by atoms with Gasteiger partial charge in [-0.05, 0) is 79.4 Å². The Balaban J connectivity index is 1.70. The van der Waals surface area contributed by atoms with E-state index in [1.165, 1.54) is 0 Å². The Morgan fingerprint density at radius 3 is 2.31 bits per heavy atom. The maximum absolute atomic E-state index is 14.0. The van der Waals surface area contributed by atoms with E-state index >= 15 is 0 Å². The van der Waals surface area contributed by atoms with Crippen molar-refractivity contribution in [2.24, 2.45) is 5.92 Å². The van der Waals surface area contributed by atoms with Crippen LogP contribution in [0.3, 0.4) is 0 Å². The third-order valence-corrected chi connectivity index (χ3v) is 6.65. The van der Waals surface area contributed by atoms with Crippen LogP contribution in [0.25, 0.3) is 0 Å². The number of ether oxygens (including phenoxy) is 1. The number of hydrogen-bond acceptors (Lipinski definition) is 3. The summed E-state index contributed by atoms with van der Waals surface area (Å²) in [4.78, 5) is 31.3. The lowest BCUT2D eigenvalue weighted by Crippen LogP contribution is -2.47. The van der Waals surface area contributed by atoms with Crippen molar-refractivity contribution >= 4 is 34.8 Å². The van der Waals surface area contributed by atoms with Gasteiger partial charge < -0.3 is 14.5 Å². The zero-order chi connectivity index (χ0) is 25.1. The van der Waals surface area contributed by atoms with Gasteiger partial charge in [0.15, 0.2) is 0 Å². The molecule has 5 nitrogen and oxygen atoms in total. The van der Waals surface area contributed by atoms with E-state index in [9.17, 15) is 9.59 Å². The summed E-state index contributed by atoms with van der Waals surface area (Å²) < 4.78 is 5.23. The van der Waals surface area contributed by atoms with Gasteiger partial charge in [-0.15, -0.1) is 0 Å². The van der Waals surface area contributed by atoms with E-state index in [0.29, 0.717) is 35.2 Å². The van der Waals surface area contributed by atoms with E-state index in [0.717, 1.165) is 16.9 Å². The minimum Gasteiger partial charge on any atom is -0.497 e. The first-order chi connectivity index (χ1) is 16.8. The van der Waals surface area contributed by atoms with Crippen LogP contribution < -0.4 is 14.5 Å². The van der Waals surface area contributed by atoms with Crippen LogP contribution in [0.15, 0.2) is 72.8 Å². The molecule has 0 fully saturated rings. The fraction of sp³-hybridized carbons (Fsp3) is 0.310. The lowest BCUT2D eigenvalue weighted by molar-refractivity contribution is -0.120. The van der Waals surface area contributed by atoms with Crippen LogP contribution in [0.1, 0.15) is 49.0 Å². The van der Waals surface area contributed by atoms with Gasteiger partial charge in [0.1, 0.15) is 5.75 Å². The summed E-state index contributed by atoms with van der Waals surface area (Å²) in [5, 5.41) is 0.634. The molecule has 2 atom stereocenters. The third kappa shape index (κ3) is 5.20. The summed E-state index contributed by atoms with van der Waals surface area (Å²) in [5.41, 5.74) is 3.07. The highest BCUT2D eigenvalue weighted by molar-refractivity contribution is 6.30. The first kappa shape index (κ1) is 24.8. The van der Waals surface area contributed by atoms with Crippen molar-refractivity contribution in [3.63, 3.8) is 0 Å². The molecule has 6 heteroatoms. The van der Waals surface area contributed by atoms with Crippen LogP contribution >= 0.6 is 11.6 Å². The molecular formula is C29H31ClN2O3. The summed E-state index contributed by atoms with van der Waals surface area (Å²) in [5.74, 6) is 0.591. The number of halogens is 1. The van der Waals surface area contributed by atoms with Gasteiger partial charge in [0.05, 0.1) is 13.0 Å². The van der Waals surface area contributed by atoms with Crippen LogP contribution in [0, 0.1) is 5.92 Å². The molecule has 182 valence electrons. The normalized spacial score (nSPS) is 17.1. The molecule has 1 aliphatic rings. The molecule has 0 saturated carbocycles.